The number of aryl methyl sites for hydroxylation is 1. The number of carbonyl (C=O) groups excluding carboxylic acids is 3. The number of rotatable bonds is 19. The van der Waals surface area contributed by atoms with Crippen molar-refractivity contribution >= 4 is 30.2 Å². The number of nitrogens with zero attached hydrogens (tertiary/aromatic N) is 2. The average Bonchev–Trinajstić information content (AvgIpc) is 3.30. The first-order chi connectivity index (χ1) is 17.5. The lowest BCUT2D eigenvalue weighted by atomic mass is 10.1. The molecular weight excluding hydrogens is 476 g/mol. The number of carbonyl (C=O) groups is 3. The Morgan fingerprint density at radius 2 is 1.97 bits per heavy atom. The Labute approximate surface area is 219 Å². The van der Waals surface area contributed by atoms with Gasteiger partial charge in [0.15, 0.2) is 0 Å². The van der Waals surface area contributed by atoms with Crippen LogP contribution in [0, 0.1) is 6.92 Å². The van der Waals surface area contributed by atoms with Crippen LogP contribution in [0.5, 0.6) is 0 Å². The van der Waals surface area contributed by atoms with Gasteiger partial charge in [-0.2, -0.15) is 0 Å². The summed E-state index contributed by atoms with van der Waals surface area (Å²) in [6.07, 6.45) is 10.0. The second kappa shape index (κ2) is 17.1. The zero-order chi connectivity index (χ0) is 26.2. The van der Waals surface area contributed by atoms with Gasteiger partial charge in [0.1, 0.15) is 18.3 Å². The van der Waals surface area contributed by atoms with E-state index in [-0.39, 0.29) is 18.4 Å². The van der Waals surface area contributed by atoms with E-state index >= 15 is 0 Å². The van der Waals surface area contributed by atoms with Crippen LogP contribution >= 0.6 is 11.8 Å². The van der Waals surface area contributed by atoms with Gasteiger partial charge in [-0.05, 0) is 57.2 Å². The third-order valence-electron chi connectivity index (χ3n) is 6.07. The smallest absolute Gasteiger partial charge is 0.219 e. The van der Waals surface area contributed by atoms with Crippen LogP contribution in [0.4, 0.5) is 0 Å². The highest BCUT2D eigenvalue weighted by Crippen LogP contribution is 2.28. The molecule has 0 bridgehead atoms. The fraction of sp³-hybridized carbons (Fsp3) is 0.556. The first-order valence-corrected chi connectivity index (χ1v) is 13.6. The van der Waals surface area contributed by atoms with Crippen molar-refractivity contribution in [3.63, 3.8) is 0 Å². The lowest BCUT2D eigenvalue weighted by Gasteiger charge is -2.25. The highest BCUT2D eigenvalue weighted by atomic mass is 32.2. The molecule has 0 saturated heterocycles. The van der Waals surface area contributed by atoms with E-state index in [9.17, 15) is 14.4 Å². The Kier molecular flexibility index (Phi) is 14.1. The van der Waals surface area contributed by atoms with Crippen molar-refractivity contribution < 1.29 is 18.8 Å². The minimum absolute atomic E-state index is 0.0858. The summed E-state index contributed by atoms with van der Waals surface area (Å²) >= 11 is 1.76. The molecule has 0 aliphatic heterocycles. The quantitative estimate of drug-likeness (QED) is 0.163. The molecule has 1 atom stereocenters. The highest BCUT2D eigenvalue weighted by molar-refractivity contribution is 7.99. The van der Waals surface area contributed by atoms with Gasteiger partial charge in [0.25, 0.3) is 0 Å². The Morgan fingerprint density at radius 3 is 2.67 bits per heavy atom. The number of aldehydes is 2. The zero-order valence-corrected chi connectivity index (χ0v) is 22.6. The maximum atomic E-state index is 11.7. The van der Waals surface area contributed by atoms with Gasteiger partial charge in [-0.1, -0.05) is 31.4 Å². The van der Waals surface area contributed by atoms with Crippen molar-refractivity contribution in [2.24, 2.45) is 0 Å². The summed E-state index contributed by atoms with van der Waals surface area (Å²) in [6.45, 7) is 4.00. The maximum absolute atomic E-state index is 11.7. The van der Waals surface area contributed by atoms with Gasteiger partial charge in [-0.25, -0.2) is 4.98 Å². The van der Waals surface area contributed by atoms with E-state index in [0.717, 1.165) is 59.8 Å². The molecule has 1 amide bonds. The van der Waals surface area contributed by atoms with E-state index in [4.69, 9.17) is 4.42 Å². The van der Waals surface area contributed by atoms with E-state index in [1.54, 1.807) is 25.0 Å². The fourth-order valence-electron chi connectivity index (χ4n) is 3.90. The van der Waals surface area contributed by atoms with Crippen molar-refractivity contribution in [3.05, 3.63) is 47.2 Å². The molecule has 8 nitrogen and oxygen atoms in total. The number of aromatic nitrogens is 1. The second-order valence-corrected chi connectivity index (χ2v) is 10.1. The summed E-state index contributed by atoms with van der Waals surface area (Å²) in [5.74, 6) is 2.47. The second-order valence-electron chi connectivity index (χ2n) is 8.93. The SMILES string of the molecule is CNC(=O)CCC(C=O)N(C)Cc1c(C=O)cccc1SCCCCCCCNCc1ncc(C)o1. The number of unbranched alkanes of at least 4 members (excludes halogenated alkanes) is 4. The van der Waals surface area contributed by atoms with Crippen LogP contribution in [0.15, 0.2) is 33.7 Å². The summed E-state index contributed by atoms with van der Waals surface area (Å²) in [6, 6.07) is 5.39. The van der Waals surface area contributed by atoms with Gasteiger partial charge in [0.2, 0.25) is 11.8 Å². The molecule has 0 radical (unpaired) electrons. The topological polar surface area (TPSA) is 105 Å². The summed E-state index contributed by atoms with van der Waals surface area (Å²) in [5.41, 5.74) is 1.59. The van der Waals surface area contributed by atoms with Gasteiger partial charge >= 0.3 is 0 Å². The van der Waals surface area contributed by atoms with E-state index in [1.807, 2.05) is 37.1 Å². The van der Waals surface area contributed by atoms with Crippen LogP contribution < -0.4 is 10.6 Å². The van der Waals surface area contributed by atoms with E-state index in [2.05, 4.69) is 15.6 Å². The first kappa shape index (κ1) is 29.7. The molecule has 198 valence electrons. The van der Waals surface area contributed by atoms with Crippen LogP contribution in [0.3, 0.4) is 0 Å². The minimum Gasteiger partial charge on any atom is -0.445 e. The zero-order valence-electron chi connectivity index (χ0n) is 21.8. The molecule has 1 aromatic heterocycles. The highest BCUT2D eigenvalue weighted by Gasteiger charge is 2.18. The Morgan fingerprint density at radius 1 is 1.19 bits per heavy atom. The number of thioether (sulfide) groups is 1. The van der Waals surface area contributed by atoms with Gasteiger partial charge in [0.05, 0.1) is 18.8 Å². The van der Waals surface area contributed by atoms with E-state index in [1.165, 1.54) is 19.3 Å². The molecule has 0 spiro atoms. The van der Waals surface area contributed by atoms with Gasteiger partial charge in [0, 0.05) is 30.5 Å². The van der Waals surface area contributed by atoms with Crippen LogP contribution in [0.2, 0.25) is 0 Å². The number of hydrogen-bond donors (Lipinski definition) is 2. The van der Waals surface area contributed by atoms with Gasteiger partial charge in [-0.15, -0.1) is 11.8 Å². The molecule has 1 unspecified atom stereocenters. The van der Waals surface area contributed by atoms with Gasteiger partial charge in [-0.3, -0.25) is 14.5 Å². The van der Waals surface area contributed by atoms with Crippen molar-refractivity contribution in [1.82, 2.24) is 20.5 Å². The predicted octanol–water partition coefficient (Wildman–Crippen LogP) is 4.15. The van der Waals surface area contributed by atoms with Crippen molar-refractivity contribution in [3.8, 4) is 0 Å². The van der Waals surface area contributed by atoms with Crippen LogP contribution in [-0.4, -0.2) is 60.8 Å². The largest absolute Gasteiger partial charge is 0.445 e. The van der Waals surface area contributed by atoms with Crippen LogP contribution in [-0.2, 0) is 22.7 Å². The van der Waals surface area contributed by atoms with Crippen molar-refractivity contribution in [2.75, 3.05) is 26.4 Å². The molecule has 0 aliphatic carbocycles. The Hall–Kier alpha value is -2.49. The molecule has 1 aromatic carbocycles. The third kappa shape index (κ3) is 10.6. The predicted molar refractivity (Wildman–Crippen MR) is 143 cm³/mol. The van der Waals surface area contributed by atoms with Crippen molar-refractivity contribution in [2.45, 2.75) is 75.9 Å². The lowest BCUT2D eigenvalue weighted by molar-refractivity contribution is -0.121. The molecule has 2 rings (SSSR count). The average molecular weight is 517 g/mol. The van der Waals surface area contributed by atoms with Crippen LogP contribution in [0.1, 0.15) is 72.5 Å². The van der Waals surface area contributed by atoms with Crippen molar-refractivity contribution in [1.29, 1.82) is 0 Å². The van der Waals surface area contributed by atoms with Gasteiger partial charge < -0.3 is 19.8 Å². The maximum Gasteiger partial charge on any atom is 0.219 e. The molecule has 2 aromatic rings. The number of amides is 1. The molecule has 36 heavy (non-hydrogen) atoms. The third-order valence-corrected chi connectivity index (χ3v) is 7.26. The number of oxazole rings is 1. The number of benzene rings is 1. The molecule has 0 fully saturated rings. The molecule has 2 N–H and O–H groups in total. The number of likely N-dealkylation sites (N-methyl/N-ethyl adjacent to an activating group) is 1. The number of hydrogen-bond acceptors (Lipinski definition) is 8. The molecule has 9 heteroatoms. The number of nitrogens with one attached hydrogen (secondary N) is 2. The van der Waals surface area contributed by atoms with E-state index in [0.29, 0.717) is 25.1 Å². The molecular formula is C27H40N4O4S. The summed E-state index contributed by atoms with van der Waals surface area (Å²) in [7, 11) is 3.45. The fourth-order valence-corrected chi connectivity index (χ4v) is 5.00. The summed E-state index contributed by atoms with van der Waals surface area (Å²) in [5, 5.41) is 5.95. The lowest BCUT2D eigenvalue weighted by Crippen LogP contribution is -2.34. The molecule has 1 heterocycles. The molecule has 0 aliphatic rings. The molecule has 0 saturated carbocycles. The summed E-state index contributed by atoms with van der Waals surface area (Å²) < 4.78 is 5.45. The standard InChI is InChI=1S/C27H40N4O4S/c1-21-16-30-27(35-21)17-29-14-7-5-4-6-8-15-36-25-11-9-10-22(19-32)24(25)18-31(3)23(20-33)12-13-26(34)28-2/h9-11,16,19-20,23,29H,4-8,12-15,17-18H2,1-3H3,(H,28,34). The Balaban J connectivity index is 1.72. The monoisotopic (exact) mass is 516 g/mol. The minimum atomic E-state index is -0.381. The normalized spacial score (nSPS) is 12.0. The Bertz CT molecular complexity index is 950. The first-order valence-electron chi connectivity index (χ1n) is 12.7. The van der Waals surface area contributed by atoms with E-state index < -0.39 is 0 Å². The summed E-state index contributed by atoms with van der Waals surface area (Å²) in [4.78, 5) is 42.1. The van der Waals surface area contributed by atoms with Crippen LogP contribution in [0.25, 0.3) is 0 Å².